The Morgan fingerprint density at radius 2 is 2.12 bits per heavy atom. The topological polar surface area (TPSA) is 70.7 Å². The Bertz CT molecular complexity index is 1000. The van der Waals surface area contributed by atoms with Crippen molar-refractivity contribution in [3.8, 4) is 21.8 Å². The van der Waals surface area contributed by atoms with E-state index in [0.29, 0.717) is 4.88 Å². The summed E-state index contributed by atoms with van der Waals surface area (Å²) < 4.78 is 0. The zero-order valence-electron chi connectivity index (χ0n) is 13.3. The predicted octanol–water partition coefficient (Wildman–Crippen LogP) is 4.82. The van der Waals surface area contributed by atoms with Crippen LogP contribution in [0.3, 0.4) is 0 Å². The average Bonchev–Trinajstić information content (AvgIpc) is 3.36. The first-order valence-corrected chi connectivity index (χ1v) is 9.38. The lowest BCUT2D eigenvalue weighted by atomic mass is 10.1. The molecule has 1 amide bonds. The number of hydrogen-bond acceptors (Lipinski definition) is 5. The summed E-state index contributed by atoms with van der Waals surface area (Å²) >= 11 is 3.03. The van der Waals surface area contributed by atoms with Crippen molar-refractivity contribution in [2.75, 3.05) is 5.32 Å². The number of amides is 1. The number of anilines is 1. The molecule has 1 aromatic carbocycles. The van der Waals surface area contributed by atoms with Gasteiger partial charge in [-0.2, -0.15) is 16.4 Å². The quantitative estimate of drug-likeness (QED) is 0.544. The number of aromatic amines is 1. The number of aryl methyl sites for hydroxylation is 1. The van der Waals surface area contributed by atoms with E-state index in [2.05, 4.69) is 20.5 Å². The van der Waals surface area contributed by atoms with Gasteiger partial charge in [0.2, 0.25) is 0 Å². The highest BCUT2D eigenvalue weighted by Crippen LogP contribution is 2.30. The van der Waals surface area contributed by atoms with Gasteiger partial charge in [0.1, 0.15) is 9.88 Å². The van der Waals surface area contributed by atoms with E-state index < -0.39 is 0 Å². The number of hydrogen-bond donors (Lipinski definition) is 2. The molecule has 3 heterocycles. The lowest BCUT2D eigenvalue weighted by molar-refractivity contribution is 0.103. The molecule has 0 atom stereocenters. The van der Waals surface area contributed by atoms with Crippen LogP contribution in [-0.4, -0.2) is 21.1 Å². The fraction of sp³-hybridized carbons (Fsp3) is 0.0556. The fourth-order valence-corrected chi connectivity index (χ4v) is 4.16. The van der Waals surface area contributed by atoms with Gasteiger partial charge in [-0.05, 0) is 36.6 Å². The number of aromatic nitrogens is 3. The number of carbonyl (C=O) groups excluding carboxylic acids is 1. The Labute approximate surface area is 152 Å². The first kappa shape index (κ1) is 15.7. The third kappa shape index (κ3) is 3.24. The smallest absolute Gasteiger partial charge is 0.267 e. The van der Waals surface area contributed by atoms with Crippen LogP contribution < -0.4 is 5.32 Å². The van der Waals surface area contributed by atoms with Crippen LogP contribution in [-0.2, 0) is 0 Å². The highest BCUT2D eigenvalue weighted by molar-refractivity contribution is 7.17. The van der Waals surface area contributed by atoms with E-state index in [4.69, 9.17) is 0 Å². The van der Waals surface area contributed by atoms with E-state index in [1.807, 2.05) is 54.1 Å². The molecule has 5 nitrogen and oxygen atoms in total. The minimum Gasteiger partial charge on any atom is -0.321 e. The summed E-state index contributed by atoms with van der Waals surface area (Å²) in [5.74, 6) is -0.141. The maximum absolute atomic E-state index is 12.7. The molecule has 3 aromatic heterocycles. The summed E-state index contributed by atoms with van der Waals surface area (Å²) in [7, 11) is 0. The Morgan fingerprint density at radius 1 is 1.20 bits per heavy atom. The maximum Gasteiger partial charge on any atom is 0.267 e. The van der Waals surface area contributed by atoms with Crippen LogP contribution in [0.5, 0.6) is 0 Å². The van der Waals surface area contributed by atoms with Crippen LogP contribution in [0.2, 0.25) is 0 Å². The van der Waals surface area contributed by atoms with E-state index in [1.165, 1.54) is 11.3 Å². The highest BCUT2D eigenvalue weighted by Gasteiger charge is 2.17. The van der Waals surface area contributed by atoms with Crippen molar-refractivity contribution in [3.05, 3.63) is 63.9 Å². The molecule has 0 unspecified atom stereocenters. The van der Waals surface area contributed by atoms with Gasteiger partial charge in [-0.15, -0.1) is 11.3 Å². The number of benzene rings is 1. The van der Waals surface area contributed by atoms with E-state index >= 15 is 0 Å². The molecule has 0 radical (unpaired) electrons. The number of nitrogens with zero attached hydrogens (tertiary/aromatic N) is 2. The third-order valence-electron chi connectivity index (χ3n) is 3.70. The molecule has 25 heavy (non-hydrogen) atoms. The standard InChI is InChI=1S/C18H14N4OS2/c1-11-16(25-18(20-11)13-6-8-24-10-13)17(23)21-14-4-2-3-12(9-14)15-5-7-19-22-15/h2-10H,1H3,(H,19,22)(H,21,23). The minimum atomic E-state index is -0.141. The molecule has 0 aliphatic heterocycles. The van der Waals surface area contributed by atoms with Crippen LogP contribution in [0.1, 0.15) is 15.4 Å². The maximum atomic E-state index is 12.7. The number of H-pyrrole nitrogens is 1. The van der Waals surface area contributed by atoms with Crippen molar-refractivity contribution in [1.29, 1.82) is 0 Å². The Balaban J connectivity index is 1.58. The van der Waals surface area contributed by atoms with Crippen molar-refractivity contribution in [1.82, 2.24) is 15.2 Å². The minimum absolute atomic E-state index is 0.141. The van der Waals surface area contributed by atoms with Crippen LogP contribution in [0, 0.1) is 6.92 Å². The molecular formula is C18H14N4OS2. The number of rotatable bonds is 4. The van der Waals surface area contributed by atoms with E-state index in [-0.39, 0.29) is 5.91 Å². The number of nitrogens with one attached hydrogen (secondary N) is 2. The first-order chi connectivity index (χ1) is 12.2. The number of carbonyl (C=O) groups is 1. The van der Waals surface area contributed by atoms with Gasteiger partial charge in [0.15, 0.2) is 0 Å². The second kappa shape index (κ2) is 6.62. The molecule has 0 saturated carbocycles. The molecule has 4 aromatic rings. The Kier molecular flexibility index (Phi) is 4.17. The van der Waals surface area contributed by atoms with Crippen LogP contribution >= 0.6 is 22.7 Å². The van der Waals surface area contributed by atoms with Crippen LogP contribution in [0.4, 0.5) is 5.69 Å². The molecule has 0 bridgehead atoms. The van der Waals surface area contributed by atoms with Crippen molar-refractivity contribution < 1.29 is 4.79 Å². The first-order valence-electron chi connectivity index (χ1n) is 7.62. The molecule has 2 N–H and O–H groups in total. The Hall–Kier alpha value is -2.77. The van der Waals surface area contributed by atoms with Gasteiger partial charge in [0.05, 0.1) is 11.4 Å². The Morgan fingerprint density at radius 3 is 2.88 bits per heavy atom. The van der Waals surface area contributed by atoms with Crippen molar-refractivity contribution in [2.24, 2.45) is 0 Å². The molecule has 7 heteroatoms. The molecule has 0 fully saturated rings. The third-order valence-corrected chi connectivity index (χ3v) is 5.59. The van der Waals surface area contributed by atoms with Gasteiger partial charge in [-0.1, -0.05) is 12.1 Å². The number of thiophene rings is 1. The lowest BCUT2D eigenvalue weighted by Gasteiger charge is -2.06. The average molecular weight is 366 g/mol. The van der Waals surface area contributed by atoms with Gasteiger partial charge in [0, 0.05) is 28.4 Å². The summed E-state index contributed by atoms with van der Waals surface area (Å²) in [5, 5.41) is 14.8. The summed E-state index contributed by atoms with van der Waals surface area (Å²) in [4.78, 5) is 17.8. The zero-order chi connectivity index (χ0) is 17.2. The monoisotopic (exact) mass is 366 g/mol. The molecule has 124 valence electrons. The van der Waals surface area contributed by atoms with Crippen molar-refractivity contribution >= 4 is 34.3 Å². The van der Waals surface area contributed by atoms with E-state index in [9.17, 15) is 4.79 Å². The molecule has 0 spiro atoms. The molecule has 0 aliphatic rings. The van der Waals surface area contributed by atoms with Gasteiger partial charge in [-0.3, -0.25) is 9.89 Å². The second-order valence-corrected chi connectivity index (χ2v) is 7.23. The van der Waals surface area contributed by atoms with Crippen LogP contribution in [0.25, 0.3) is 21.8 Å². The van der Waals surface area contributed by atoms with Gasteiger partial charge < -0.3 is 5.32 Å². The summed E-state index contributed by atoms with van der Waals surface area (Å²) in [6.07, 6.45) is 1.70. The fourth-order valence-electron chi connectivity index (χ4n) is 2.49. The molecule has 0 aliphatic carbocycles. The molecule has 0 saturated heterocycles. The largest absolute Gasteiger partial charge is 0.321 e. The van der Waals surface area contributed by atoms with Gasteiger partial charge >= 0.3 is 0 Å². The van der Waals surface area contributed by atoms with Crippen LogP contribution in [0.15, 0.2) is 53.4 Å². The lowest BCUT2D eigenvalue weighted by Crippen LogP contribution is -2.11. The normalized spacial score (nSPS) is 10.8. The van der Waals surface area contributed by atoms with Gasteiger partial charge in [0.25, 0.3) is 5.91 Å². The second-order valence-electron chi connectivity index (χ2n) is 5.45. The summed E-state index contributed by atoms with van der Waals surface area (Å²) in [6, 6.07) is 11.6. The van der Waals surface area contributed by atoms with Gasteiger partial charge in [-0.25, -0.2) is 4.98 Å². The number of thiazole rings is 1. The molecular weight excluding hydrogens is 352 g/mol. The van der Waals surface area contributed by atoms with E-state index in [0.717, 1.165) is 33.2 Å². The van der Waals surface area contributed by atoms with Crippen molar-refractivity contribution in [2.45, 2.75) is 6.92 Å². The summed E-state index contributed by atoms with van der Waals surface area (Å²) in [6.45, 7) is 1.86. The SMILES string of the molecule is Cc1nc(-c2ccsc2)sc1C(=O)Nc1cccc(-c2ccn[nH]2)c1. The molecule has 4 rings (SSSR count). The highest BCUT2D eigenvalue weighted by atomic mass is 32.1. The zero-order valence-corrected chi connectivity index (χ0v) is 14.9. The van der Waals surface area contributed by atoms with Crippen molar-refractivity contribution in [3.63, 3.8) is 0 Å². The predicted molar refractivity (Wildman–Crippen MR) is 102 cm³/mol. The van der Waals surface area contributed by atoms with E-state index in [1.54, 1.807) is 17.5 Å². The summed E-state index contributed by atoms with van der Waals surface area (Å²) in [5.41, 5.74) is 4.41.